The van der Waals surface area contributed by atoms with Crippen molar-refractivity contribution in [1.29, 1.82) is 0 Å². The summed E-state index contributed by atoms with van der Waals surface area (Å²) in [5, 5.41) is 8.98. The third-order valence-electron chi connectivity index (χ3n) is 4.25. The first-order valence-corrected chi connectivity index (χ1v) is 7.63. The monoisotopic (exact) mass is 309 g/mol. The fourth-order valence-corrected chi connectivity index (χ4v) is 2.85. The lowest BCUT2D eigenvalue weighted by Crippen LogP contribution is -2.38. The van der Waals surface area contributed by atoms with Gasteiger partial charge in [0.2, 0.25) is 5.91 Å². The second-order valence-electron chi connectivity index (χ2n) is 5.88. The number of hydrogen-bond acceptors (Lipinski definition) is 4. The number of primary amides is 1. The quantitative estimate of drug-likeness (QED) is 0.821. The summed E-state index contributed by atoms with van der Waals surface area (Å²) in [7, 11) is 1.76. The fraction of sp³-hybridized carbons (Fsp3) is 0.562. The van der Waals surface area contributed by atoms with E-state index in [0.717, 1.165) is 38.0 Å². The van der Waals surface area contributed by atoms with E-state index in [1.807, 2.05) is 6.07 Å². The van der Waals surface area contributed by atoms with Gasteiger partial charge in [0.25, 0.3) is 0 Å². The van der Waals surface area contributed by atoms with Crippen LogP contribution in [0.25, 0.3) is 0 Å². The van der Waals surface area contributed by atoms with Gasteiger partial charge in [-0.25, -0.2) is 4.39 Å². The number of benzene rings is 1. The van der Waals surface area contributed by atoms with Crippen LogP contribution in [0.4, 0.5) is 10.1 Å². The van der Waals surface area contributed by atoms with Gasteiger partial charge in [0.15, 0.2) is 0 Å². The van der Waals surface area contributed by atoms with Crippen LogP contribution < -0.4 is 10.6 Å². The number of nitrogens with two attached hydrogens (primary N) is 1. The molecule has 1 fully saturated rings. The minimum absolute atomic E-state index is 0.0131. The number of halogens is 1. The van der Waals surface area contributed by atoms with E-state index < -0.39 is 0 Å². The summed E-state index contributed by atoms with van der Waals surface area (Å²) in [5.74, 6) is -0.516. The summed E-state index contributed by atoms with van der Waals surface area (Å²) in [6.07, 6.45) is 1.57. The molecule has 0 aromatic heterocycles. The summed E-state index contributed by atoms with van der Waals surface area (Å²) in [6, 6.07) is 5.08. The largest absolute Gasteiger partial charge is 0.395 e. The number of rotatable bonds is 6. The van der Waals surface area contributed by atoms with Crippen molar-refractivity contribution in [3.63, 3.8) is 0 Å². The van der Waals surface area contributed by atoms with E-state index in [2.05, 4.69) is 4.90 Å². The topological polar surface area (TPSA) is 69.8 Å². The van der Waals surface area contributed by atoms with Crippen LogP contribution in [0.15, 0.2) is 18.2 Å². The van der Waals surface area contributed by atoms with Crippen LogP contribution in [-0.2, 0) is 11.3 Å². The van der Waals surface area contributed by atoms with Crippen LogP contribution in [-0.4, -0.2) is 49.2 Å². The number of nitrogens with zero attached hydrogens (tertiary/aromatic N) is 2. The molecule has 1 aliphatic heterocycles. The molecule has 22 heavy (non-hydrogen) atoms. The smallest absolute Gasteiger partial charge is 0.220 e. The highest BCUT2D eigenvalue weighted by Crippen LogP contribution is 2.23. The molecule has 1 aliphatic rings. The van der Waals surface area contributed by atoms with Gasteiger partial charge >= 0.3 is 0 Å². The van der Waals surface area contributed by atoms with Crippen molar-refractivity contribution in [2.24, 2.45) is 11.7 Å². The normalized spacial score (nSPS) is 16.7. The molecule has 1 amide bonds. The van der Waals surface area contributed by atoms with Crippen molar-refractivity contribution in [3.8, 4) is 0 Å². The molecule has 0 unspecified atom stereocenters. The number of amides is 1. The van der Waals surface area contributed by atoms with Gasteiger partial charge in [-0.2, -0.15) is 0 Å². The van der Waals surface area contributed by atoms with E-state index >= 15 is 0 Å². The number of likely N-dealkylation sites (tertiary alicyclic amines) is 1. The minimum Gasteiger partial charge on any atom is -0.395 e. The number of aliphatic hydroxyl groups is 1. The molecule has 5 nitrogen and oxygen atoms in total. The molecule has 2 rings (SSSR count). The number of carbonyl (C=O) groups excluding carboxylic acids is 1. The van der Waals surface area contributed by atoms with Crippen molar-refractivity contribution in [1.82, 2.24) is 4.90 Å². The Morgan fingerprint density at radius 2 is 2.14 bits per heavy atom. The highest BCUT2D eigenvalue weighted by Gasteiger charge is 2.23. The molecule has 0 bridgehead atoms. The summed E-state index contributed by atoms with van der Waals surface area (Å²) < 4.78 is 13.9. The highest BCUT2D eigenvalue weighted by atomic mass is 19.1. The van der Waals surface area contributed by atoms with Crippen LogP contribution in [0.2, 0.25) is 0 Å². The van der Waals surface area contributed by atoms with Crippen molar-refractivity contribution in [2.45, 2.75) is 19.4 Å². The summed E-state index contributed by atoms with van der Waals surface area (Å²) in [5.41, 5.74) is 6.86. The molecule has 0 atom stereocenters. The molecule has 0 aliphatic carbocycles. The number of anilines is 1. The summed E-state index contributed by atoms with van der Waals surface area (Å²) >= 11 is 0. The predicted octanol–water partition coefficient (Wildman–Crippen LogP) is 0.952. The first-order valence-electron chi connectivity index (χ1n) is 7.63. The lowest BCUT2D eigenvalue weighted by Gasteiger charge is -2.30. The van der Waals surface area contributed by atoms with Crippen molar-refractivity contribution < 1.29 is 14.3 Å². The second kappa shape index (κ2) is 7.56. The first kappa shape index (κ1) is 16.7. The van der Waals surface area contributed by atoms with Gasteiger partial charge in [0, 0.05) is 26.1 Å². The van der Waals surface area contributed by atoms with Crippen LogP contribution in [0.1, 0.15) is 18.4 Å². The minimum atomic E-state index is -0.285. The van der Waals surface area contributed by atoms with Crippen LogP contribution >= 0.6 is 0 Å². The van der Waals surface area contributed by atoms with E-state index in [9.17, 15) is 9.18 Å². The van der Waals surface area contributed by atoms with E-state index in [0.29, 0.717) is 12.2 Å². The predicted molar refractivity (Wildman–Crippen MR) is 84.0 cm³/mol. The fourth-order valence-electron chi connectivity index (χ4n) is 2.85. The van der Waals surface area contributed by atoms with E-state index in [-0.39, 0.29) is 24.2 Å². The Balaban J connectivity index is 1.99. The summed E-state index contributed by atoms with van der Waals surface area (Å²) in [6.45, 7) is 2.76. The van der Waals surface area contributed by atoms with Gasteiger partial charge in [0.1, 0.15) is 5.82 Å². The Morgan fingerprint density at radius 3 is 2.73 bits per heavy atom. The maximum Gasteiger partial charge on any atom is 0.220 e. The Labute approximate surface area is 130 Å². The Bertz CT molecular complexity index is 516. The lowest BCUT2D eigenvalue weighted by molar-refractivity contribution is -0.123. The Kier molecular flexibility index (Phi) is 5.74. The van der Waals surface area contributed by atoms with Gasteiger partial charge in [0.05, 0.1) is 12.3 Å². The molecule has 122 valence electrons. The van der Waals surface area contributed by atoms with Crippen LogP contribution in [0.5, 0.6) is 0 Å². The Morgan fingerprint density at radius 1 is 1.45 bits per heavy atom. The number of aliphatic hydroxyl groups excluding tert-OH is 1. The molecular weight excluding hydrogens is 285 g/mol. The van der Waals surface area contributed by atoms with Crippen molar-refractivity contribution in [2.75, 3.05) is 38.2 Å². The first-order chi connectivity index (χ1) is 10.5. The number of carbonyl (C=O) groups is 1. The Hall–Kier alpha value is -1.66. The van der Waals surface area contributed by atoms with Crippen molar-refractivity contribution >= 4 is 11.6 Å². The number of piperidine rings is 1. The van der Waals surface area contributed by atoms with Gasteiger partial charge in [-0.3, -0.25) is 9.69 Å². The lowest BCUT2D eigenvalue weighted by atomic mass is 9.96. The molecule has 1 aromatic rings. The van der Waals surface area contributed by atoms with Crippen LogP contribution in [0, 0.1) is 11.7 Å². The number of hydrogen-bond donors (Lipinski definition) is 2. The highest BCUT2D eigenvalue weighted by molar-refractivity contribution is 5.76. The molecule has 0 radical (unpaired) electrons. The standard InChI is InChI=1S/C16H24FN3O2/c1-19(8-9-21)15-10-12(2-3-14(15)17)11-20-6-4-13(5-7-20)16(18)22/h2-3,10,13,21H,4-9,11H2,1H3,(H2,18,22). The maximum atomic E-state index is 13.9. The van der Waals surface area contributed by atoms with E-state index in [1.165, 1.54) is 6.07 Å². The molecule has 0 saturated carbocycles. The molecule has 3 N–H and O–H groups in total. The van der Waals surface area contributed by atoms with Gasteiger partial charge in [-0.1, -0.05) is 6.07 Å². The zero-order valence-electron chi connectivity index (χ0n) is 13.0. The molecule has 1 aromatic carbocycles. The zero-order valence-corrected chi connectivity index (χ0v) is 13.0. The van der Waals surface area contributed by atoms with Gasteiger partial charge in [-0.15, -0.1) is 0 Å². The molecule has 0 spiro atoms. The van der Waals surface area contributed by atoms with E-state index in [1.54, 1.807) is 18.0 Å². The molecule has 1 heterocycles. The molecule has 6 heteroatoms. The molecular formula is C16H24FN3O2. The third kappa shape index (κ3) is 4.18. The zero-order chi connectivity index (χ0) is 16.1. The van der Waals surface area contributed by atoms with Gasteiger partial charge in [-0.05, 0) is 43.6 Å². The average Bonchev–Trinajstić information content (AvgIpc) is 2.50. The average molecular weight is 309 g/mol. The van der Waals surface area contributed by atoms with Crippen LogP contribution in [0.3, 0.4) is 0 Å². The SMILES string of the molecule is CN(CCO)c1cc(CN2CCC(C(N)=O)CC2)ccc1F. The van der Waals surface area contributed by atoms with Gasteiger partial charge < -0.3 is 15.7 Å². The number of likely N-dealkylation sites (N-methyl/N-ethyl adjacent to an activating group) is 1. The second-order valence-corrected chi connectivity index (χ2v) is 5.88. The third-order valence-corrected chi connectivity index (χ3v) is 4.25. The van der Waals surface area contributed by atoms with E-state index in [4.69, 9.17) is 10.8 Å². The summed E-state index contributed by atoms with van der Waals surface area (Å²) in [4.78, 5) is 15.1. The van der Waals surface area contributed by atoms with Crippen molar-refractivity contribution in [3.05, 3.63) is 29.6 Å². The maximum absolute atomic E-state index is 13.9. The molecule has 1 saturated heterocycles.